The number of benzene rings is 1. The fourth-order valence-electron chi connectivity index (χ4n) is 2.33. The Hall–Kier alpha value is -2.83. The molecule has 0 aliphatic carbocycles. The van der Waals surface area contributed by atoms with Crippen LogP contribution in [-0.2, 0) is 16.1 Å². The fraction of sp³-hybridized carbons (Fsp3) is 0.421. The highest BCUT2D eigenvalue weighted by Crippen LogP contribution is 2.03. The molecule has 1 atom stereocenters. The zero-order valence-electron chi connectivity index (χ0n) is 15.2. The number of carbonyl (C=O) groups excluding carboxylic acids is 3. The van der Waals surface area contributed by atoms with Crippen molar-refractivity contribution in [3.8, 4) is 0 Å². The first-order valence-electron chi connectivity index (χ1n) is 8.74. The summed E-state index contributed by atoms with van der Waals surface area (Å²) in [6.45, 7) is 6.25. The van der Waals surface area contributed by atoms with E-state index in [9.17, 15) is 14.4 Å². The number of unbranched alkanes of at least 4 members (excludes halogenated alkanes) is 1. The molecule has 1 rings (SSSR count). The smallest absolute Gasteiger partial charge is 0.315 e. The van der Waals surface area contributed by atoms with Crippen LogP contribution in [0.2, 0.25) is 0 Å². The van der Waals surface area contributed by atoms with Crippen LogP contribution in [0.5, 0.6) is 0 Å². The van der Waals surface area contributed by atoms with Gasteiger partial charge in [-0.1, -0.05) is 36.4 Å². The van der Waals surface area contributed by atoms with Gasteiger partial charge in [0.1, 0.15) is 6.04 Å². The Morgan fingerprint density at radius 2 is 1.81 bits per heavy atom. The number of hydrogen-bond acceptors (Lipinski definition) is 3. The molecule has 0 saturated heterocycles. The molecule has 0 aliphatic rings. The SMILES string of the molecule is C=CCNC(=O)NCCCC[C@H](NC(C)=O)C(=O)NCc1ccccc1. The molecule has 7 nitrogen and oxygen atoms in total. The molecule has 1 aromatic carbocycles. The van der Waals surface area contributed by atoms with E-state index in [-0.39, 0.29) is 17.8 Å². The predicted molar refractivity (Wildman–Crippen MR) is 101 cm³/mol. The Labute approximate surface area is 154 Å². The maximum Gasteiger partial charge on any atom is 0.315 e. The summed E-state index contributed by atoms with van der Waals surface area (Å²) in [5.41, 5.74) is 0.997. The van der Waals surface area contributed by atoms with Crippen LogP contribution in [0.25, 0.3) is 0 Å². The van der Waals surface area contributed by atoms with Crippen molar-refractivity contribution in [2.75, 3.05) is 13.1 Å². The Bertz CT molecular complexity index is 590. The predicted octanol–water partition coefficient (Wildman–Crippen LogP) is 1.46. The lowest BCUT2D eigenvalue weighted by Gasteiger charge is -2.17. The van der Waals surface area contributed by atoms with Gasteiger partial charge in [-0.15, -0.1) is 6.58 Å². The van der Waals surface area contributed by atoms with Crippen LogP contribution in [-0.4, -0.2) is 37.0 Å². The third kappa shape index (κ3) is 9.46. The van der Waals surface area contributed by atoms with Gasteiger partial charge in [0, 0.05) is 26.6 Å². The highest BCUT2D eigenvalue weighted by atomic mass is 16.2. The van der Waals surface area contributed by atoms with E-state index in [1.54, 1.807) is 6.08 Å². The molecular formula is C19H28N4O3. The monoisotopic (exact) mass is 360 g/mol. The summed E-state index contributed by atoms with van der Waals surface area (Å²) in [4.78, 5) is 35.1. The van der Waals surface area contributed by atoms with Gasteiger partial charge in [-0.3, -0.25) is 9.59 Å². The molecule has 142 valence electrons. The molecule has 0 spiro atoms. The number of carbonyl (C=O) groups is 3. The van der Waals surface area contributed by atoms with Gasteiger partial charge in [-0.05, 0) is 24.8 Å². The summed E-state index contributed by atoms with van der Waals surface area (Å²) >= 11 is 0. The quantitative estimate of drug-likeness (QED) is 0.355. The lowest BCUT2D eigenvalue weighted by Crippen LogP contribution is -2.45. The minimum absolute atomic E-state index is 0.208. The highest BCUT2D eigenvalue weighted by Gasteiger charge is 2.18. The van der Waals surface area contributed by atoms with Gasteiger partial charge in [0.05, 0.1) is 0 Å². The Kier molecular flexibility index (Phi) is 10.2. The van der Waals surface area contributed by atoms with Gasteiger partial charge in [-0.2, -0.15) is 0 Å². The standard InChI is InChI=1S/C19H28N4O3/c1-3-12-20-19(26)21-13-8-7-11-17(23-15(2)24)18(25)22-14-16-9-5-4-6-10-16/h3-6,9-10,17H,1,7-8,11-14H2,2H3,(H,22,25)(H,23,24)(H2,20,21,26)/t17-/m0/s1. The molecule has 0 fully saturated rings. The fourth-order valence-corrected chi connectivity index (χ4v) is 2.33. The molecule has 0 saturated carbocycles. The van der Waals surface area contributed by atoms with Crippen molar-refractivity contribution >= 4 is 17.8 Å². The maximum absolute atomic E-state index is 12.3. The summed E-state index contributed by atoms with van der Waals surface area (Å²) in [6, 6.07) is 8.76. The van der Waals surface area contributed by atoms with E-state index < -0.39 is 6.04 Å². The second kappa shape index (κ2) is 12.5. The molecule has 0 unspecified atom stereocenters. The topological polar surface area (TPSA) is 99.3 Å². The van der Waals surface area contributed by atoms with E-state index in [1.165, 1.54) is 6.92 Å². The molecule has 0 aliphatic heterocycles. The largest absolute Gasteiger partial charge is 0.350 e. The van der Waals surface area contributed by atoms with Crippen molar-refractivity contribution < 1.29 is 14.4 Å². The van der Waals surface area contributed by atoms with Crippen molar-refractivity contribution in [3.63, 3.8) is 0 Å². The lowest BCUT2D eigenvalue weighted by molar-refractivity contribution is -0.128. The molecule has 4 amide bonds. The maximum atomic E-state index is 12.3. The second-order valence-corrected chi connectivity index (χ2v) is 5.88. The van der Waals surface area contributed by atoms with Crippen molar-refractivity contribution in [2.45, 2.75) is 38.8 Å². The summed E-state index contributed by atoms with van der Waals surface area (Å²) in [5, 5.41) is 10.9. The van der Waals surface area contributed by atoms with E-state index in [4.69, 9.17) is 0 Å². The molecular weight excluding hydrogens is 332 g/mol. The normalized spacial score (nSPS) is 11.1. The van der Waals surface area contributed by atoms with Crippen LogP contribution in [0, 0.1) is 0 Å². The lowest BCUT2D eigenvalue weighted by atomic mass is 10.1. The van der Waals surface area contributed by atoms with Crippen LogP contribution >= 0.6 is 0 Å². The number of hydrogen-bond donors (Lipinski definition) is 4. The Balaban J connectivity index is 2.33. The first-order valence-corrected chi connectivity index (χ1v) is 8.74. The number of rotatable bonds is 11. The van der Waals surface area contributed by atoms with Gasteiger partial charge in [0.2, 0.25) is 11.8 Å². The zero-order valence-corrected chi connectivity index (χ0v) is 15.2. The van der Waals surface area contributed by atoms with Crippen LogP contribution in [0.3, 0.4) is 0 Å². The van der Waals surface area contributed by atoms with Gasteiger partial charge in [0.25, 0.3) is 0 Å². The summed E-state index contributed by atoms with van der Waals surface area (Å²) in [5.74, 6) is -0.451. The average molecular weight is 360 g/mol. The molecule has 1 aromatic rings. The molecule has 7 heteroatoms. The first-order chi connectivity index (χ1) is 12.5. The van der Waals surface area contributed by atoms with Crippen LogP contribution in [0.15, 0.2) is 43.0 Å². The van der Waals surface area contributed by atoms with Crippen molar-refractivity contribution in [1.29, 1.82) is 0 Å². The zero-order chi connectivity index (χ0) is 19.2. The van der Waals surface area contributed by atoms with E-state index in [2.05, 4.69) is 27.8 Å². The molecule has 0 radical (unpaired) electrons. The number of amides is 4. The molecule has 0 aromatic heterocycles. The summed E-state index contributed by atoms with van der Waals surface area (Å²) in [7, 11) is 0. The van der Waals surface area contributed by atoms with Crippen LogP contribution in [0.4, 0.5) is 4.79 Å². The second-order valence-electron chi connectivity index (χ2n) is 5.88. The van der Waals surface area contributed by atoms with Crippen molar-refractivity contribution in [2.24, 2.45) is 0 Å². The molecule has 0 heterocycles. The van der Waals surface area contributed by atoms with E-state index in [1.807, 2.05) is 30.3 Å². The Morgan fingerprint density at radius 1 is 1.08 bits per heavy atom. The minimum atomic E-state index is -0.578. The molecule has 4 N–H and O–H groups in total. The van der Waals surface area contributed by atoms with E-state index in [0.29, 0.717) is 38.9 Å². The van der Waals surface area contributed by atoms with Gasteiger partial charge >= 0.3 is 6.03 Å². The third-order valence-electron chi connectivity index (χ3n) is 3.62. The van der Waals surface area contributed by atoms with Crippen LogP contribution < -0.4 is 21.3 Å². The van der Waals surface area contributed by atoms with Gasteiger partial charge in [-0.25, -0.2) is 4.79 Å². The summed E-state index contributed by atoms with van der Waals surface area (Å²) < 4.78 is 0. The van der Waals surface area contributed by atoms with Crippen molar-refractivity contribution in [1.82, 2.24) is 21.3 Å². The average Bonchev–Trinajstić information content (AvgIpc) is 2.63. The van der Waals surface area contributed by atoms with Gasteiger partial charge in [0.15, 0.2) is 0 Å². The number of urea groups is 1. The molecule has 0 bridgehead atoms. The number of nitrogens with one attached hydrogen (secondary N) is 4. The molecule has 26 heavy (non-hydrogen) atoms. The van der Waals surface area contributed by atoms with E-state index in [0.717, 1.165) is 5.56 Å². The third-order valence-corrected chi connectivity index (χ3v) is 3.62. The Morgan fingerprint density at radius 3 is 2.46 bits per heavy atom. The van der Waals surface area contributed by atoms with Crippen LogP contribution in [0.1, 0.15) is 31.7 Å². The van der Waals surface area contributed by atoms with Gasteiger partial charge < -0.3 is 21.3 Å². The van der Waals surface area contributed by atoms with Crippen molar-refractivity contribution in [3.05, 3.63) is 48.6 Å². The first kappa shape index (κ1) is 21.2. The minimum Gasteiger partial charge on any atom is -0.350 e. The summed E-state index contributed by atoms with van der Waals surface area (Å²) in [6.07, 6.45) is 3.52. The van der Waals surface area contributed by atoms with E-state index >= 15 is 0 Å². The highest BCUT2D eigenvalue weighted by molar-refractivity contribution is 5.86.